The fourth-order valence-corrected chi connectivity index (χ4v) is 6.33. The standard InChI is InChI=1S/C11H14O3S.C8H14O2.C7H12O.C6H12O2.2C2H6/c12-15(13,9-10-6-7-14-8-10)11-4-2-1-3-5-11;1-7-5-8(10-6-7)3-2-4-9;1-6-4-3-5-8-7(6)2;1-5-4-7-6(2,3)8-5;2*1-2/h1-5,10H,6-9H2;8-9H,1-6H2;7H,1,3-5H2,2H3;5H,4H2,1-3H3;2*1-2H3. The molecule has 8 nitrogen and oxygen atoms in total. The van der Waals surface area contributed by atoms with Crippen LogP contribution in [0.2, 0.25) is 0 Å². The third kappa shape index (κ3) is 19.6. The molecule has 45 heavy (non-hydrogen) atoms. The molecule has 0 spiro atoms. The molecule has 0 aromatic heterocycles. The molecule has 4 unspecified atom stereocenters. The van der Waals surface area contributed by atoms with Crippen LogP contribution in [0.25, 0.3) is 0 Å². The van der Waals surface area contributed by atoms with E-state index in [9.17, 15) is 8.42 Å². The SMILES string of the molecule is C=C1CCCOC1C.C=C1COC(CCCO)C1.CC.CC.CC1COC(C)(C)O1.O=S(=O)(CC1CCOC1)c1ccccc1. The zero-order valence-electron chi connectivity index (χ0n) is 29.5. The molecule has 0 radical (unpaired) electrons. The van der Waals surface area contributed by atoms with E-state index in [0.29, 0.717) is 30.3 Å². The lowest BCUT2D eigenvalue weighted by atomic mass is 10.1. The van der Waals surface area contributed by atoms with E-state index in [0.717, 1.165) is 58.3 Å². The molecule has 4 heterocycles. The zero-order chi connectivity index (χ0) is 34.3. The minimum absolute atomic E-state index is 0.162. The predicted octanol–water partition coefficient (Wildman–Crippen LogP) is 7.55. The van der Waals surface area contributed by atoms with Crippen LogP contribution in [-0.4, -0.2) is 83.0 Å². The number of ether oxygens (including phenoxy) is 5. The number of aliphatic hydroxyl groups excluding tert-OH is 1. The first kappa shape index (κ1) is 43.4. The number of rotatable bonds is 6. The Labute approximate surface area is 275 Å². The molecule has 0 amide bonds. The second-order valence-electron chi connectivity index (χ2n) is 11.5. The Kier molecular flexibility index (Phi) is 23.7. The normalized spacial score (nSPS) is 25.0. The summed E-state index contributed by atoms with van der Waals surface area (Å²) >= 11 is 0. The van der Waals surface area contributed by atoms with Crippen molar-refractivity contribution in [3.8, 4) is 0 Å². The van der Waals surface area contributed by atoms with Gasteiger partial charge in [0, 0.05) is 19.8 Å². The van der Waals surface area contributed by atoms with Crippen molar-refractivity contribution >= 4 is 9.84 Å². The van der Waals surface area contributed by atoms with Crippen LogP contribution in [0.3, 0.4) is 0 Å². The predicted molar refractivity (Wildman–Crippen MR) is 184 cm³/mol. The third-order valence-electron chi connectivity index (χ3n) is 7.04. The Morgan fingerprint density at radius 1 is 0.978 bits per heavy atom. The summed E-state index contributed by atoms with van der Waals surface area (Å²) < 4.78 is 50.2. The molecular weight excluding hydrogens is 592 g/mol. The molecule has 1 N–H and O–H groups in total. The fraction of sp³-hybridized carbons (Fsp3) is 0.722. The van der Waals surface area contributed by atoms with E-state index in [-0.39, 0.29) is 30.2 Å². The monoisotopic (exact) mass is 656 g/mol. The molecule has 4 aliphatic heterocycles. The number of aliphatic hydroxyl groups is 1. The largest absolute Gasteiger partial charge is 0.396 e. The van der Waals surface area contributed by atoms with E-state index in [1.807, 2.05) is 54.5 Å². The van der Waals surface area contributed by atoms with Crippen molar-refractivity contribution in [2.75, 3.05) is 45.4 Å². The quantitative estimate of drug-likeness (QED) is 0.313. The van der Waals surface area contributed by atoms with Crippen molar-refractivity contribution in [2.24, 2.45) is 5.92 Å². The van der Waals surface area contributed by atoms with Crippen LogP contribution in [0.4, 0.5) is 0 Å². The van der Waals surface area contributed by atoms with Crippen LogP contribution in [-0.2, 0) is 33.5 Å². The summed E-state index contributed by atoms with van der Waals surface area (Å²) in [6, 6.07) is 8.60. The highest BCUT2D eigenvalue weighted by Gasteiger charge is 2.29. The van der Waals surface area contributed by atoms with Gasteiger partial charge in [-0.05, 0) is 95.4 Å². The van der Waals surface area contributed by atoms with E-state index >= 15 is 0 Å². The van der Waals surface area contributed by atoms with Gasteiger partial charge in [0.2, 0.25) is 0 Å². The van der Waals surface area contributed by atoms with Gasteiger partial charge in [0.05, 0.1) is 48.8 Å². The van der Waals surface area contributed by atoms with Gasteiger partial charge < -0.3 is 28.8 Å². The van der Waals surface area contributed by atoms with Gasteiger partial charge in [0.1, 0.15) is 0 Å². The van der Waals surface area contributed by atoms with Gasteiger partial charge in [0.25, 0.3) is 0 Å². The molecule has 262 valence electrons. The summed E-state index contributed by atoms with van der Waals surface area (Å²) in [5.41, 5.74) is 2.43. The van der Waals surface area contributed by atoms with Crippen molar-refractivity contribution < 1.29 is 37.2 Å². The Morgan fingerprint density at radius 3 is 2.04 bits per heavy atom. The van der Waals surface area contributed by atoms with E-state index in [1.165, 1.54) is 11.1 Å². The Morgan fingerprint density at radius 2 is 1.64 bits per heavy atom. The van der Waals surface area contributed by atoms with E-state index in [4.69, 9.17) is 28.8 Å². The van der Waals surface area contributed by atoms with Crippen LogP contribution < -0.4 is 0 Å². The minimum atomic E-state index is -3.12. The van der Waals surface area contributed by atoms with E-state index in [2.05, 4.69) is 20.1 Å². The van der Waals surface area contributed by atoms with Gasteiger partial charge in [0.15, 0.2) is 15.6 Å². The molecule has 0 bridgehead atoms. The number of sulfone groups is 1. The second-order valence-corrected chi connectivity index (χ2v) is 13.5. The number of hydrogen-bond donors (Lipinski definition) is 1. The highest BCUT2D eigenvalue weighted by atomic mass is 32.2. The molecule has 0 saturated carbocycles. The lowest BCUT2D eigenvalue weighted by Gasteiger charge is -2.20. The zero-order valence-corrected chi connectivity index (χ0v) is 30.3. The number of benzene rings is 1. The van der Waals surface area contributed by atoms with Crippen LogP contribution >= 0.6 is 0 Å². The molecule has 4 atom stereocenters. The van der Waals surface area contributed by atoms with Gasteiger partial charge in [-0.3, -0.25) is 0 Å². The first-order chi connectivity index (χ1) is 21.4. The first-order valence-electron chi connectivity index (χ1n) is 16.8. The Bertz CT molecular complexity index is 1000. The van der Waals surface area contributed by atoms with Gasteiger partial charge in [-0.2, -0.15) is 0 Å². The summed E-state index contributed by atoms with van der Waals surface area (Å²) in [6.45, 7) is 27.5. The van der Waals surface area contributed by atoms with Gasteiger partial charge in [-0.1, -0.05) is 59.1 Å². The van der Waals surface area contributed by atoms with E-state index < -0.39 is 9.84 Å². The molecule has 5 rings (SSSR count). The van der Waals surface area contributed by atoms with Crippen LogP contribution in [0, 0.1) is 5.92 Å². The summed E-state index contributed by atoms with van der Waals surface area (Å²) in [4.78, 5) is 0.414. The fourth-order valence-electron chi connectivity index (χ4n) is 4.68. The average molecular weight is 657 g/mol. The van der Waals surface area contributed by atoms with Crippen molar-refractivity contribution in [3.63, 3.8) is 0 Å². The highest BCUT2D eigenvalue weighted by Crippen LogP contribution is 2.22. The minimum Gasteiger partial charge on any atom is -0.396 e. The van der Waals surface area contributed by atoms with E-state index in [1.54, 1.807) is 24.3 Å². The lowest BCUT2D eigenvalue weighted by Crippen LogP contribution is -2.20. The van der Waals surface area contributed by atoms with Gasteiger partial charge in [-0.15, -0.1) is 0 Å². The van der Waals surface area contributed by atoms with Crippen molar-refractivity contribution in [1.82, 2.24) is 0 Å². The summed E-state index contributed by atoms with van der Waals surface area (Å²) in [5, 5.41) is 8.51. The maximum absolute atomic E-state index is 11.9. The second kappa shape index (κ2) is 24.6. The molecule has 1 aromatic carbocycles. The number of hydrogen-bond acceptors (Lipinski definition) is 8. The maximum atomic E-state index is 11.9. The maximum Gasteiger partial charge on any atom is 0.178 e. The van der Waals surface area contributed by atoms with Gasteiger partial charge in [-0.25, -0.2) is 8.42 Å². The Hall–Kier alpha value is -1.59. The molecule has 4 aliphatic rings. The van der Waals surface area contributed by atoms with Crippen molar-refractivity contribution in [1.29, 1.82) is 0 Å². The van der Waals surface area contributed by atoms with Crippen LogP contribution in [0.15, 0.2) is 59.5 Å². The van der Waals surface area contributed by atoms with Crippen molar-refractivity contribution in [2.45, 2.75) is 123 Å². The molecule has 1 aromatic rings. The molecule has 9 heteroatoms. The van der Waals surface area contributed by atoms with Crippen LogP contribution in [0.5, 0.6) is 0 Å². The molecule has 0 aliphatic carbocycles. The lowest BCUT2D eigenvalue weighted by molar-refractivity contribution is -0.136. The molecule has 4 fully saturated rings. The average Bonchev–Trinajstić information content (AvgIpc) is 3.78. The van der Waals surface area contributed by atoms with Crippen molar-refractivity contribution in [3.05, 3.63) is 54.6 Å². The molecular formula is C36H64O8S. The smallest absolute Gasteiger partial charge is 0.178 e. The highest BCUT2D eigenvalue weighted by molar-refractivity contribution is 7.91. The summed E-state index contributed by atoms with van der Waals surface area (Å²) in [6.07, 6.45) is 6.87. The van der Waals surface area contributed by atoms with Gasteiger partial charge >= 0.3 is 0 Å². The Balaban J connectivity index is 0.000000571. The first-order valence-corrected chi connectivity index (χ1v) is 18.4. The summed E-state index contributed by atoms with van der Waals surface area (Å²) in [7, 11) is -3.12. The third-order valence-corrected chi connectivity index (χ3v) is 8.94. The molecule has 4 saturated heterocycles. The summed E-state index contributed by atoms with van der Waals surface area (Å²) in [5.74, 6) is 0.0337. The van der Waals surface area contributed by atoms with Crippen LogP contribution in [0.1, 0.15) is 93.9 Å². The topological polar surface area (TPSA) is 101 Å².